The summed E-state index contributed by atoms with van der Waals surface area (Å²) < 4.78 is 20.9. The molecule has 0 aliphatic heterocycles. The number of hydrogen-bond acceptors (Lipinski definition) is 4. The molecule has 168 valence electrons. The number of fused-ring (bicyclic) bond motifs is 1. The number of rotatable bonds is 8. The number of ether oxygens (including phenoxy) is 1. The summed E-state index contributed by atoms with van der Waals surface area (Å²) in [4.78, 5) is 26.9. The fourth-order valence-electron chi connectivity index (χ4n) is 5.07. The number of H-pyrrole nitrogens is 1. The second-order valence-electron chi connectivity index (χ2n) is 8.86. The van der Waals surface area contributed by atoms with Crippen molar-refractivity contribution < 1.29 is 19.0 Å². The lowest BCUT2D eigenvalue weighted by atomic mass is 9.90. The van der Waals surface area contributed by atoms with Crippen molar-refractivity contribution in [3.05, 3.63) is 33.9 Å². The number of aromatic amines is 1. The van der Waals surface area contributed by atoms with Crippen LogP contribution in [0.5, 0.6) is 5.75 Å². The first-order valence-corrected chi connectivity index (χ1v) is 11.5. The third kappa shape index (κ3) is 4.86. The molecule has 0 radical (unpaired) electrons. The summed E-state index contributed by atoms with van der Waals surface area (Å²) >= 11 is 0. The average molecular weight is 431 g/mol. The Bertz CT molecular complexity index is 991. The van der Waals surface area contributed by atoms with Crippen LogP contribution < -0.4 is 15.5 Å². The van der Waals surface area contributed by atoms with Gasteiger partial charge in [-0.1, -0.05) is 32.1 Å². The van der Waals surface area contributed by atoms with E-state index in [1.54, 1.807) is 0 Å². The van der Waals surface area contributed by atoms with Gasteiger partial charge in [0.15, 0.2) is 5.75 Å². The zero-order valence-corrected chi connectivity index (χ0v) is 17.8. The number of anilines is 1. The highest BCUT2D eigenvalue weighted by molar-refractivity contribution is 5.88. The molecule has 31 heavy (non-hydrogen) atoms. The Kier molecular flexibility index (Phi) is 6.78. The third-order valence-electron chi connectivity index (χ3n) is 6.64. The number of carboxylic acid groups (broad SMARTS) is 1. The monoisotopic (exact) mass is 430 g/mol. The van der Waals surface area contributed by atoms with Gasteiger partial charge in [0.05, 0.1) is 23.2 Å². The number of hydrogen-bond donors (Lipinski definition) is 3. The van der Waals surface area contributed by atoms with Crippen LogP contribution in [0.15, 0.2) is 17.1 Å². The molecule has 1 heterocycles. The summed E-state index contributed by atoms with van der Waals surface area (Å²) in [5, 5.41) is 12.5. The van der Waals surface area contributed by atoms with E-state index >= 15 is 4.39 Å². The standard InChI is InChI=1S/C24H31FN2O4/c25-18-13-17-22(26-14-19(24(17)30)31-12-6-11-20(28)29)21(15-7-4-5-8-15)23(18)27-16-9-2-1-3-10-16/h13-16,27H,1-12H2,(H,26,30)(H,28,29). The predicted octanol–water partition coefficient (Wildman–Crippen LogP) is 5.31. The number of pyridine rings is 1. The van der Waals surface area contributed by atoms with Crippen LogP contribution >= 0.6 is 0 Å². The van der Waals surface area contributed by atoms with Crippen LogP contribution in [-0.2, 0) is 4.79 Å². The van der Waals surface area contributed by atoms with Crippen molar-refractivity contribution in [2.24, 2.45) is 0 Å². The van der Waals surface area contributed by atoms with Crippen LogP contribution in [0.4, 0.5) is 10.1 Å². The molecule has 0 bridgehead atoms. The summed E-state index contributed by atoms with van der Waals surface area (Å²) in [5.41, 5.74) is 1.78. The van der Waals surface area contributed by atoms with Gasteiger partial charge in [0.2, 0.25) is 5.43 Å². The van der Waals surface area contributed by atoms with Gasteiger partial charge in [-0.25, -0.2) is 4.39 Å². The first-order valence-electron chi connectivity index (χ1n) is 11.5. The molecular weight excluding hydrogens is 399 g/mol. The Morgan fingerprint density at radius 2 is 1.87 bits per heavy atom. The topological polar surface area (TPSA) is 91.4 Å². The molecule has 7 heteroatoms. The Morgan fingerprint density at radius 3 is 2.58 bits per heavy atom. The molecule has 2 aromatic rings. The van der Waals surface area contributed by atoms with Crippen LogP contribution in [0.1, 0.15) is 82.1 Å². The van der Waals surface area contributed by atoms with E-state index in [0.29, 0.717) is 23.0 Å². The summed E-state index contributed by atoms with van der Waals surface area (Å²) in [5.74, 6) is -0.962. The summed E-state index contributed by atoms with van der Waals surface area (Å²) in [6, 6.07) is 1.59. The largest absolute Gasteiger partial charge is 0.488 e. The van der Waals surface area contributed by atoms with Gasteiger partial charge >= 0.3 is 5.97 Å². The Balaban J connectivity index is 1.70. The van der Waals surface area contributed by atoms with Crippen molar-refractivity contribution in [3.63, 3.8) is 0 Å². The van der Waals surface area contributed by atoms with Crippen LogP contribution in [0.3, 0.4) is 0 Å². The first kappa shape index (κ1) is 21.7. The molecule has 1 aromatic heterocycles. The Morgan fingerprint density at radius 1 is 1.16 bits per heavy atom. The van der Waals surface area contributed by atoms with Gasteiger partial charge in [-0.3, -0.25) is 9.59 Å². The van der Waals surface area contributed by atoms with E-state index in [1.807, 2.05) is 0 Å². The molecule has 0 spiro atoms. The molecule has 2 aliphatic rings. The molecule has 0 unspecified atom stereocenters. The minimum absolute atomic E-state index is 0.0257. The third-order valence-corrected chi connectivity index (χ3v) is 6.64. The quantitative estimate of drug-likeness (QED) is 0.494. The summed E-state index contributed by atoms with van der Waals surface area (Å²) in [6.45, 7) is 0.125. The molecule has 2 fully saturated rings. The summed E-state index contributed by atoms with van der Waals surface area (Å²) in [7, 11) is 0. The zero-order chi connectivity index (χ0) is 21.8. The normalized spacial score (nSPS) is 17.8. The Labute approximate surface area is 181 Å². The maximum atomic E-state index is 15.4. The molecule has 1 aromatic carbocycles. The number of nitrogens with one attached hydrogen (secondary N) is 2. The van der Waals surface area contributed by atoms with E-state index in [-0.39, 0.29) is 42.0 Å². The van der Waals surface area contributed by atoms with E-state index in [2.05, 4.69) is 10.3 Å². The van der Waals surface area contributed by atoms with Crippen molar-refractivity contribution in [1.29, 1.82) is 0 Å². The van der Waals surface area contributed by atoms with Gasteiger partial charge < -0.3 is 20.1 Å². The second kappa shape index (κ2) is 9.71. The maximum Gasteiger partial charge on any atom is 0.303 e. The van der Waals surface area contributed by atoms with Gasteiger partial charge in [0, 0.05) is 24.2 Å². The van der Waals surface area contributed by atoms with Gasteiger partial charge in [-0.05, 0) is 44.1 Å². The molecule has 2 aliphatic carbocycles. The molecule has 0 saturated heterocycles. The number of aliphatic carboxylic acids is 1. The van der Waals surface area contributed by atoms with E-state index < -0.39 is 5.97 Å². The van der Waals surface area contributed by atoms with E-state index in [1.165, 1.54) is 18.7 Å². The summed E-state index contributed by atoms with van der Waals surface area (Å²) in [6.07, 6.45) is 11.7. The first-order chi connectivity index (χ1) is 15.0. The van der Waals surface area contributed by atoms with Gasteiger partial charge in [0.1, 0.15) is 5.82 Å². The van der Waals surface area contributed by atoms with Crippen LogP contribution in [0, 0.1) is 5.82 Å². The zero-order valence-electron chi connectivity index (χ0n) is 17.8. The minimum Gasteiger partial charge on any atom is -0.488 e. The SMILES string of the molecule is O=C(O)CCCOc1c[nH]c2c(C3CCCC3)c(NC3CCCCC3)c(F)cc2c1=O. The van der Waals surface area contributed by atoms with E-state index in [9.17, 15) is 9.59 Å². The molecule has 2 saturated carbocycles. The van der Waals surface area contributed by atoms with Crippen LogP contribution in [0.25, 0.3) is 10.9 Å². The van der Waals surface area contributed by atoms with Crippen molar-refractivity contribution >= 4 is 22.6 Å². The van der Waals surface area contributed by atoms with Gasteiger partial charge in [-0.2, -0.15) is 0 Å². The second-order valence-corrected chi connectivity index (χ2v) is 8.86. The van der Waals surface area contributed by atoms with Crippen molar-refractivity contribution in [1.82, 2.24) is 4.98 Å². The molecule has 3 N–H and O–H groups in total. The smallest absolute Gasteiger partial charge is 0.303 e. The average Bonchev–Trinajstić information content (AvgIpc) is 3.29. The van der Waals surface area contributed by atoms with Crippen LogP contribution in [0.2, 0.25) is 0 Å². The fraction of sp³-hybridized carbons (Fsp3) is 0.583. The molecule has 4 rings (SSSR count). The van der Waals surface area contributed by atoms with Gasteiger partial charge in [0.25, 0.3) is 0 Å². The lowest BCUT2D eigenvalue weighted by Gasteiger charge is -2.27. The highest BCUT2D eigenvalue weighted by Crippen LogP contribution is 2.42. The van der Waals surface area contributed by atoms with Gasteiger partial charge in [-0.15, -0.1) is 0 Å². The van der Waals surface area contributed by atoms with E-state index in [4.69, 9.17) is 9.84 Å². The lowest BCUT2D eigenvalue weighted by molar-refractivity contribution is -0.137. The number of carboxylic acids is 1. The van der Waals surface area contributed by atoms with Crippen LogP contribution in [-0.4, -0.2) is 28.7 Å². The number of halogens is 1. The van der Waals surface area contributed by atoms with E-state index in [0.717, 1.165) is 56.9 Å². The predicted molar refractivity (Wildman–Crippen MR) is 119 cm³/mol. The Hall–Kier alpha value is -2.57. The fourth-order valence-corrected chi connectivity index (χ4v) is 5.07. The van der Waals surface area contributed by atoms with Crippen molar-refractivity contribution in [2.75, 3.05) is 11.9 Å². The number of benzene rings is 1. The lowest BCUT2D eigenvalue weighted by Crippen LogP contribution is -2.24. The highest BCUT2D eigenvalue weighted by Gasteiger charge is 2.28. The molecular formula is C24H31FN2O4. The number of carbonyl (C=O) groups is 1. The van der Waals surface area contributed by atoms with Crippen molar-refractivity contribution in [2.45, 2.75) is 82.6 Å². The molecule has 0 amide bonds. The molecule has 6 nitrogen and oxygen atoms in total. The maximum absolute atomic E-state index is 15.4. The van der Waals surface area contributed by atoms with Crippen molar-refractivity contribution in [3.8, 4) is 5.75 Å². The highest BCUT2D eigenvalue weighted by atomic mass is 19.1. The minimum atomic E-state index is -0.905. The number of aromatic nitrogens is 1. The molecule has 0 atom stereocenters.